The molecule has 1 aromatic heterocycles. The number of nitrogens with zero attached hydrogens (tertiary/aromatic N) is 2. The van der Waals surface area contributed by atoms with E-state index in [0.717, 1.165) is 6.20 Å². The largest absolute Gasteiger partial charge is 0.265 e. The number of hydrogen-bond donors (Lipinski definition) is 0. The van der Waals surface area contributed by atoms with Crippen molar-refractivity contribution in [1.82, 2.24) is 4.98 Å². The van der Waals surface area contributed by atoms with Crippen molar-refractivity contribution in [2.45, 2.75) is 6.43 Å². The molecule has 0 N–H and O–H groups in total. The fourth-order valence-corrected chi connectivity index (χ4v) is 0.718. The highest BCUT2D eigenvalue weighted by atomic mass is 19.3. The van der Waals surface area contributed by atoms with E-state index in [1.807, 2.05) is 0 Å². The second-order valence-corrected chi connectivity index (χ2v) is 2.01. The van der Waals surface area contributed by atoms with Crippen LogP contribution in [0.15, 0.2) is 12.3 Å². The van der Waals surface area contributed by atoms with Gasteiger partial charge in [-0.25, -0.2) is 13.8 Å². The lowest BCUT2D eigenvalue weighted by Gasteiger charge is -2.00. The van der Waals surface area contributed by atoms with Gasteiger partial charge < -0.3 is 0 Å². The van der Waals surface area contributed by atoms with E-state index in [2.05, 4.69) is 4.98 Å². The first-order chi connectivity index (χ1) is 5.65. The second kappa shape index (κ2) is 3.22. The summed E-state index contributed by atoms with van der Waals surface area (Å²) in [6, 6.07) is 2.05. The van der Waals surface area contributed by atoms with Crippen molar-refractivity contribution in [1.29, 1.82) is 5.26 Å². The van der Waals surface area contributed by atoms with Gasteiger partial charge in [-0.05, 0) is 0 Å². The molecule has 0 aliphatic heterocycles. The lowest BCUT2D eigenvalue weighted by atomic mass is 10.1. The zero-order valence-electron chi connectivity index (χ0n) is 5.76. The van der Waals surface area contributed by atoms with Gasteiger partial charge in [0.15, 0.2) is 0 Å². The molecule has 0 amide bonds. The van der Waals surface area contributed by atoms with E-state index in [1.165, 1.54) is 6.07 Å². The van der Waals surface area contributed by atoms with Crippen molar-refractivity contribution in [3.8, 4) is 6.07 Å². The van der Waals surface area contributed by atoms with Gasteiger partial charge in [0.25, 0.3) is 6.43 Å². The Labute approximate surface area is 66.3 Å². The van der Waals surface area contributed by atoms with Crippen molar-refractivity contribution >= 4 is 0 Å². The molecule has 0 saturated heterocycles. The number of hydrogen-bond acceptors (Lipinski definition) is 2. The molecule has 0 aliphatic rings. The van der Waals surface area contributed by atoms with Crippen LogP contribution in [0, 0.1) is 17.3 Å². The van der Waals surface area contributed by atoms with E-state index in [9.17, 15) is 13.2 Å². The first kappa shape index (κ1) is 8.53. The maximum atomic E-state index is 12.3. The van der Waals surface area contributed by atoms with Gasteiger partial charge in [-0.3, -0.25) is 0 Å². The molecule has 2 nitrogen and oxygen atoms in total. The van der Waals surface area contributed by atoms with Gasteiger partial charge in [-0.2, -0.15) is 9.65 Å². The SMILES string of the molecule is N#Cc1cnc(F)cc1C(F)F. The van der Waals surface area contributed by atoms with Crippen LogP contribution in [0.2, 0.25) is 0 Å². The summed E-state index contributed by atoms with van der Waals surface area (Å²) in [5, 5.41) is 8.31. The summed E-state index contributed by atoms with van der Waals surface area (Å²) in [6.45, 7) is 0. The summed E-state index contributed by atoms with van der Waals surface area (Å²) in [5.74, 6) is -1.01. The normalized spacial score (nSPS) is 9.92. The third kappa shape index (κ3) is 1.53. The Morgan fingerprint density at radius 3 is 2.67 bits per heavy atom. The molecule has 0 aliphatic carbocycles. The van der Waals surface area contributed by atoms with Crippen molar-refractivity contribution in [3.05, 3.63) is 29.3 Å². The van der Waals surface area contributed by atoms with Crippen molar-refractivity contribution in [2.24, 2.45) is 0 Å². The summed E-state index contributed by atoms with van der Waals surface area (Å²) in [7, 11) is 0. The zero-order valence-corrected chi connectivity index (χ0v) is 5.76. The van der Waals surface area contributed by atoms with Crippen LogP contribution in [0.4, 0.5) is 13.2 Å². The van der Waals surface area contributed by atoms with Crippen molar-refractivity contribution < 1.29 is 13.2 Å². The first-order valence-electron chi connectivity index (χ1n) is 2.99. The molecule has 0 atom stereocenters. The number of pyridine rings is 1. The fourth-order valence-electron chi connectivity index (χ4n) is 0.718. The Morgan fingerprint density at radius 1 is 1.50 bits per heavy atom. The Bertz CT molecular complexity index is 330. The van der Waals surface area contributed by atoms with E-state index < -0.39 is 17.9 Å². The van der Waals surface area contributed by atoms with Crippen LogP contribution in [0.25, 0.3) is 0 Å². The number of aromatic nitrogens is 1. The minimum Gasteiger partial charge on any atom is -0.227 e. The Kier molecular flexibility index (Phi) is 2.29. The zero-order chi connectivity index (χ0) is 9.14. The Balaban J connectivity index is 3.24. The number of halogens is 3. The summed E-state index contributed by atoms with van der Waals surface area (Å²) in [5.41, 5.74) is -0.920. The van der Waals surface area contributed by atoms with Crippen LogP contribution in [-0.2, 0) is 0 Å². The highest BCUT2D eigenvalue weighted by Gasteiger charge is 2.13. The van der Waals surface area contributed by atoms with Crippen molar-refractivity contribution in [2.75, 3.05) is 0 Å². The lowest BCUT2D eigenvalue weighted by Crippen LogP contribution is -1.94. The smallest absolute Gasteiger partial charge is 0.227 e. The average molecular weight is 172 g/mol. The maximum Gasteiger partial charge on any atom is 0.265 e. The fraction of sp³-hybridized carbons (Fsp3) is 0.143. The highest BCUT2D eigenvalue weighted by molar-refractivity contribution is 5.35. The van der Waals surface area contributed by atoms with Crippen LogP contribution >= 0.6 is 0 Å². The quantitative estimate of drug-likeness (QED) is 0.607. The van der Waals surface area contributed by atoms with Gasteiger partial charge in [0.1, 0.15) is 6.07 Å². The molecule has 1 aromatic rings. The van der Waals surface area contributed by atoms with E-state index >= 15 is 0 Å². The minimum absolute atomic E-state index is 0.300. The number of nitriles is 1. The topological polar surface area (TPSA) is 36.7 Å². The molecule has 0 radical (unpaired) electrons. The Hall–Kier alpha value is -1.57. The van der Waals surface area contributed by atoms with Gasteiger partial charge in [0.05, 0.1) is 5.56 Å². The summed E-state index contributed by atoms with van der Waals surface area (Å²) in [6.07, 6.45) is -2.06. The molecular weight excluding hydrogens is 169 g/mol. The van der Waals surface area contributed by atoms with E-state index in [-0.39, 0.29) is 5.56 Å². The molecule has 0 unspecified atom stereocenters. The molecule has 0 spiro atoms. The highest BCUT2D eigenvalue weighted by Crippen LogP contribution is 2.21. The first-order valence-corrected chi connectivity index (χ1v) is 2.99. The van der Waals surface area contributed by atoms with E-state index in [4.69, 9.17) is 5.26 Å². The standard InChI is InChI=1S/C7H3F3N2/c8-6-1-5(7(9)10)4(2-11)3-12-6/h1,3,7H. The molecule has 5 heteroatoms. The predicted octanol–water partition coefficient (Wildman–Crippen LogP) is 2.03. The van der Waals surface area contributed by atoms with Crippen molar-refractivity contribution in [3.63, 3.8) is 0 Å². The lowest BCUT2D eigenvalue weighted by molar-refractivity contribution is 0.150. The van der Waals surface area contributed by atoms with Gasteiger partial charge in [0, 0.05) is 17.8 Å². The molecule has 12 heavy (non-hydrogen) atoms. The molecule has 0 aromatic carbocycles. The molecule has 1 rings (SSSR count). The Morgan fingerprint density at radius 2 is 2.17 bits per heavy atom. The monoisotopic (exact) mass is 172 g/mol. The predicted molar refractivity (Wildman–Crippen MR) is 33.9 cm³/mol. The minimum atomic E-state index is -2.85. The molecule has 62 valence electrons. The number of rotatable bonds is 1. The van der Waals surface area contributed by atoms with Crippen LogP contribution in [-0.4, -0.2) is 4.98 Å². The molecule has 0 fully saturated rings. The van der Waals surface area contributed by atoms with Gasteiger partial charge in [-0.15, -0.1) is 0 Å². The summed E-state index contributed by atoms with van der Waals surface area (Å²) < 4.78 is 36.4. The van der Waals surface area contributed by atoms with Gasteiger partial charge in [-0.1, -0.05) is 0 Å². The summed E-state index contributed by atoms with van der Waals surface area (Å²) >= 11 is 0. The summed E-state index contributed by atoms with van der Waals surface area (Å²) in [4.78, 5) is 3.07. The molecule has 1 heterocycles. The van der Waals surface area contributed by atoms with Gasteiger partial charge in [0.2, 0.25) is 5.95 Å². The molecular formula is C7H3F3N2. The van der Waals surface area contributed by atoms with Gasteiger partial charge >= 0.3 is 0 Å². The van der Waals surface area contributed by atoms with Crippen LogP contribution in [0.3, 0.4) is 0 Å². The number of alkyl halides is 2. The van der Waals surface area contributed by atoms with Crippen LogP contribution in [0.5, 0.6) is 0 Å². The van der Waals surface area contributed by atoms with Crippen LogP contribution in [0.1, 0.15) is 17.6 Å². The van der Waals surface area contributed by atoms with E-state index in [1.54, 1.807) is 0 Å². The third-order valence-electron chi connectivity index (χ3n) is 1.26. The average Bonchev–Trinajstić information content (AvgIpc) is 2.04. The second-order valence-electron chi connectivity index (χ2n) is 2.01. The molecule has 0 saturated carbocycles. The molecule has 0 bridgehead atoms. The van der Waals surface area contributed by atoms with E-state index in [0.29, 0.717) is 6.07 Å². The van der Waals surface area contributed by atoms with Crippen LogP contribution < -0.4 is 0 Å². The third-order valence-corrected chi connectivity index (χ3v) is 1.26. The maximum absolute atomic E-state index is 12.3.